The van der Waals surface area contributed by atoms with Gasteiger partial charge in [0, 0.05) is 36.3 Å². The lowest BCUT2D eigenvalue weighted by Crippen LogP contribution is -2.38. The molecule has 0 bridgehead atoms. The van der Waals surface area contributed by atoms with Crippen LogP contribution in [0.2, 0.25) is 0 Å². The van der Waals surface area contributed by atoms with Gasteiger partial charge < -0.3 is 16.0 Å². The van der Waals surface area contributed by atoms with Gasteiger partial charge in [0.25, 0.3) is 5.91 Å². The monoisotopic (exact) mass is 481 g/mol. The van der Waals surface area contributed by atoms with E-state index in [0.29, 0.717) is 35.0 Å². The van der Waals surface area contributed by atoms with Crippen LogP contribution in [-0.4, -0.2) is 42.6 Å². The number of aryl methyl sites for hydroxylation is 1. The first-order valence-electron chi connectivity index (χ1n) is 11.9. The van der Waals surface area contributed by atoms with Gasteiger partial charge in [0.2, 0.25) is 5.91 Å². The van der Waals surface area contributed by atoms with Gasteiger partial charge in [0.1, 0.15) is 28.7 Å². The lowest BCUT2D eigenvalue weighted by atomic mass is 10.0. The topological polar surface area (TPSA) is 119 Å². The molecule has 1 saturated heterocycles. The van der Waals surface area contributed by atoms with Crippen molar-refractivity contribution in [1.82, 2.24) is 24.3 Å². The maximum atomic E-state index is 12.7. The minimum Gasteiger partial charge on any atom is -0.382 e. The van der Waals surface area contributed by atoms with E-state index in [9.17, 15) is 9.59 Å². The molecule has 2 amide bonds. The van der Waals surface area contributed by atoms with E-state index >= 15 is 0 Å². The number of carbonyl (C=O) groups is 2. The molecule has 4 aromatic rings. The predicted molar refractivity (Wildman–Crippen MR) is 138 cm³/mol. The molecule has 1 aliphatic heterocycles. The number of hydrogen-bond donors (Lipinski definition) is 2. The van der Waals surface area contributed by atoms with Crippen molar-refractivity contribution < 1.29 is 9.59 Å². The van der Waals surface area contributed by atoms with E-state index < -0.39 is 0 Å². The van der Waals surface area contributed by atoms with Crippen LogP contribution in [-0.2, 0) is 4.79 Å². The first-order chi connectivity index (χ1) is 17.5. The molecule has 9 heteroatoms. The van der Waals surface area contributed by atoms with Crippen LogP contribution in [0.25, 0.3) is 16.8 Å². The molecule has 0 unspecified atom stereocenters. The van der Waals surface area contributed by atoms with Crippen LogP contribution < -0.4 is 11.1 Å². The third-order valence-electron chi connectivity index (χ3n) is 6.45. The number of benzene rings is 1. The van der Waals surface area contributed by atoms with Crippen LogP contribution in [0.15, 0.2) is 67.6 Å². The van der Waals surface area contributed by atoms with Crippen molar-refractivity contribution in [1.29, 1.82) is 0 Å². The number of pyridine rings is 1. The number of nitrogen functional groups attached to an aromatic ring is 1. The van der Waals surface area contributed by atoms with Gasteiger partial charge in [-0.1, -0.05) is 18.7 Å². The fourth-order valence-corrected chi connectivity index (χ4v) is 4.68. The maximum absolute atomic E-state index is 12.7. The molecule has 3 aromatic heterocycles. The second-order valence-electron chi connectivity index (χ2n) is 8.85. The molecule has 1 aromatic carbocycles. The van der Waals surface area contributed by atoms with Crippen LogP contribution in [0.5, 0.6) is 0 Å². The summed E-state index contributed by atoms with van der Waals surface area (Å²) in [5, 5.41) is 2.82. The summed E-state index contributed by atoms with van der Waals surface area (Å²) in [7, 11) is 0. The van der Waals surface area contributed by atoms with Gasteiger partial charge in [0.15, 0.2) is 0 Å². The highest BCUT2D eigenvalue weighted by Crippen LogP contribution is 2.36. The lowest BCUT2D eigenvalue weighted by molar-refractivity contribution is -0.129. The van der Waals surface area contributed by atoms with Gasteiger partial charge in [-0.25, -0.2) is 15.0 Å². The Labute approximate surface area is 208 Å². The molecule has 9 nitrogen and oxygen atoms in total. The summed E-state index contributed by atoms with van der Waals surface area (Å²) in [5.41, 5.74) is 9.91. The van der Waals surface area contributed by atoms with Crippen molar-refractivity contribution in [3.8, 4) is 11.3 Å². The highest BCUT2D eigenvalue weighted by Gasteiger charge is 2.31. The van der Waals surface area contributed by atoms with E-state index in [1.165, 1.54) is 6.08 Å². The van der Waals surface area contributed by atoms with Gasteiger partial charge in [-0.3, -0.25) is 14.0 Å². The number of piperidine rings is 1. The van der Waals surface area contributed by atoms with Crippen molar-refractivity contribution in [2.24, 2.45) is 0 Å². The Morgan fingerprint density at radius 2 is 1.94 bits per heavy atom. The molecule has 4 heterocycles. The average molecular weight is 482 g/mol. The third kappa shape index (κ3) is 4.31. The Morgan fingerprint density at radius 1 is 1.14 bits per heavy atom. The minimum atomic E-state index is -0.253. The fourth-order valence-electron chi connectivity index (χ4n) is 4.68. The third-order valence-corrected chi connectivity index (χ3v) is 6.45. The summed E-state index contributed by atoms with van der Waals surface area (Å²) >= 11 is 0. The molecular formula is C27H27N7O2. The second-order valence-corrected chi connectivity index (χ2v) is 8.85. The van der Waals surface area contributed by atoms with Gasteiger partial charge in [-0.05, 0) is 62.1 Å². The number of aromatic nitrogens is 4. The lowest BCUT2D eigenvalue weighted by Gasteiger charge is -2.34. The van der Waals surface area contributed by atoms with Gasteiger partial charge in [-0.2, -0.15) is 0 Å². The molecule has 0 saturated carbocycles. The Hall–Kier alpha value is -4.53. The summed E-state index contributed by atoms with van der Waals surface area (Å²) in [4.78, 5) is 40.5. The van der Waals surface area contributed by atoms with Crippen molar-refractivity contribution in [2.45, 2.75) is 32.2 Å². The molecular weight excluding hydrogens is 454 g/mol. The summed E-state index contributed by atoms with van der Waals surface area (Å²) in [6.07, 6.45) is 9.19. The maximum Gasteiger partial charge on any atom is 0.256 e. The minimum absolute atomic E-state index is 0.113. The van der Waals surface area contributed by atoms with E-state index in [4.69, 9.17) is 10.7 Å². The molecule has 5 rings (SSSR count). The van der Waals surface area contributed by atoms with E-state index in [0.717, 1.165) is 36.2 Å². The summed E-state index contributed by atoms with van der Waals surface area (Å²) < 4.78 is 1.92. The number of amides is 2. The van der Waals surface area contributed by atoms with Gasteiger partial charge in [0.05, 0.1) is 6.04 Å². The van der Waals surface area contributed by atoms with Gasteiger partial charge >= 0.3 is 0 Å². The van der Waals surface area contributed by atoms with Crippen molar-refractivity contribution in [3.63, 3.8) is 0 Å². The molecule has 182 valence electrons. The normalized spacial score (nSPS) is 15.6. The number of nitrogens with zero attached hydrogens (tertiary/aromatic N) is 5. The fraction of sp³-hybridized carbons (Fsp3) is 0.222. The second kappa shape index (κ2) is 9.61. The summed E-state index contributed by atoms with van der Waals surface area (Å²) in [5.74, 6) is 1.21. The van der Waals surface area contributed by atoms with Gasteiger partial charge in [-0.15, -0.1) is 0 Å². The zero-order chi connectivity index (χ0) is 25.2. The van der Waals surface area contributed by atoms with Crippen LogP contribution in [0.1, 0.15) is 47.1 Å². The largest absolute Gasteiger partial charge is 0.382 e. The van der Waals surface area contributed by atoms with Crippen LogP contribution >= 0.6 is 0 Å². The molecule has 0 aliphatic carbocycles. The van der Waals surface area contributed by atoms with Crippen LogP contribution in [0, 0.1) is 6.92 Å². The number of fused-ring (bicyclic) bond motifs is 1. The average Bonchev–Trinajstić information content (AvgIpc) is 3.29. The smallest absolute Gasteiger partial charge is 0.256 e. The molecule has 0 radical (unpaired) electrons. The number of imidazole rings is 1. The number of hydrogen-bond acceptors (Lipinski definition) is 6. The Kier molecular flexibility index (Phi) is 6.20. The number of nitrogens with one attached hydrogen (secondary N) is 1. The van der Waals surface area contributed by atoms with Crippen molar-refractivity contribution >= 4 is 29.0 Å². The predicted octanol–water partition coefficient (Wildman–Crippen LogP) is 4.17. The number of likely N-dealkylation sites (tertiary alicyclic amines) is 1. The SMILES string of the molecule is C=CC(=O)N1CCCC[C@H]1c1nc(-c2ccc(C(=O)Nc3cc(C)ccn3)cc2)c2c(N)nccn12. The highest BCUT2D eigenvalue weighted by molar-refractivity contribution is 6.04. The Bertz CT molecular complexity index is 1460. The summed E-state index contributed by atoms with van der Waals surface area (Å²) in [6.45, 7) is 6.25. The summed E-state index contributed by atoms with van der Waals surface area (Å²) in [6, 6.07) is 10.6. The molecule has 3 N–H and O–H groups in total. The van der Waals surface area contributed by atoms with Crippen LogP contribution in [0.4, 0.5) is 11.6 Å². The van der Waals surface area contributed by atoms with E-state index in [2.05, 4.69) is 21.9 Å². The molecule has 1 atom stereocenters. The molecule has 1 aliphatic rings. The van der Waals surface area contributed by atoms with Crippen molar-refractivity contribution in [2.75, 3.05) is 17.6 Å². The zero-order valence-corrected chi connectivity index (χ0v) is 20.0. The number of rotatable bonds is 5. The quantitative estimate of drug-likeness (QED) is 0.413. The first-order valence-corrected chi connectivity index (χ1v) is 11.9. The Balaban J connectivity index is 1.50. The standard InChI is InChI=1S/C27H27N7O2/c1-3-22(35)33-14-5-4-6-20(33)26-32-23(24-25(28)30-13-15-34(24)26)18-7-9-19(10-8-18)27(36)31-21-16-17(2)11-12-29-21/h3,7-13,15-16,20H,1,4-6,14H2,2H3,(H2,28,30)(H,29,31,36)/t20-/m0/s1. The highest BCUT2D eigenvalue weighted by atomic mass is 16.2. The number of nitrogens with two attached hydrogens (primary N) is 1. The molecule has 0 spiro atoms. The first kappa shape index (κ1) is 23.2. The number of carbonyl (C=O) groups excluding carboxylic acids is 2. The molecule has 1 fully saturated rings. The molecule has 36 heavy (non-hydrogen) atoms. The van der Waals surface area contributed by atoms with Crippen LogP contribution in [0.3, 0.4) is 0 Å². The zero-order valence-electron chi connectivity index (χ0n) is 20.0. The Morgan fingerprint density at radius 3 is 2.69 bits per heavy atom. The number of anilines is 2. The van der Waals surface area contributed by atoms with E-state index in [1.807, 2.05) is 46.7 Å². The van der Waals surface area contributed by atoms with Crippen molar-refractivity contribution in [3.05, 3.63) is 84.6 Å². The van der Waals surface area contributed by atoms with E-state index in [1.54, 1.807) is 24.5 Å². The van der Waals surface area contributed by atoms with E-state index in [-0.39, 0.29) is 17.9 Å².